The van der Waals surface area contributed by atoms with Gasteiger partial charge in [0.25, 0.3) is 0 Å². The van der Waals surface area contributed by atoms with Crippen LogP contribution < -0.4 is 10.6 Å². The molecule has 3 N–H and O–H groups in total. The number of benzene rings is 2. The Kier molecular flexibility index (Phi) is 5.88. The predicted octanol–water partition coefficient (Wildman–Crippen LogP) is 2.32. The largest absolute Gasteiger partial charge is 0.394 e. The van der Waals surface area contributed by atoms with Gasteiger partial charge in [-0.3, -0.25) is 9.59 Å². The molecule has 0 spiro atoms. The van der Waals surface area contributed by atoms with Gasteiger partial charge >= 0.3 is 0 Å². The van der Waals surface area contributed by atoms with E-state index >= 15 is 0 Å². The van der Waals surface area contributed by atoms with E-state index < -0.39 is 0 Å². The topological polar surface area (TPSA) is 83.4 Å². The van der Waals surface area contributed by atoms with Crippen LogP contribution in [0.2, 0.25) is 0 Å². The van der Waals surface area contributed by atoms with E-state index in [0.717, 1.165) is 22.2 Å². The summed E-state index contributed by atoms with van der Waals surface area (Å²) in [6.07, 6.45) is 2.39. The van der Waals surface area contributed by atoms with Gasteiger partial charge < -0.3 is 20.3 Å². The first-order valence-corrected chi connectivity index (χ1v) is 8.86. The van der Waals surface area contributed by atoms with Gasteiger partial charge in [-0.2, -0.15) is 0 Å². The summed E-state index contributed by atoms with van der Waals surface area (Å²) in [5.74, 6) is -0.313. The summed E-state index contributed by atoms with van der Waals surface area (Å²) >= 11 is 0. The van der Waals surface area contributed by atoms with Gasteiger partial charge in [-0.1, -0.05) is 36.4 Å². The number of hydrogen-bond donors (Lipinski definition) is 3. The number of rotatable bonds is 7. The summed E-state index contributed by atoms with van der Waals surface area (Å²) in [5, 5.41) is 16.2. The average molecular weight is 365 g/mol. The normalized spacial score (nSPS) is 11.9. The summed E-state index contributed by atoms with van der Waals surface area (Å²) in [5.41, 5.74) is 2.64. The van der Waals surface area contributed by atoms with Gasteiger partial charge in [0, 0.05) is 18.5 Å². The molecule has 3 aromatic rings. The maximum atomic E-state index is 12.5. The summed E-state index contributed by atoms with van der Waals surface area (Å²) in [6.45, 7) is 1.48. The molecule has 0 aliphatic rings. The molecule has 1 atom stereocenters. The number of hydrogen-bond acceptors (Lipinski definition) is 3. The van der Waals surface area contributed by atoms with Crippen LogP contribution >= 0.6 is 0 Å². The van der Waals surface area contributed by atoms with Gasteiger partial charge in [0.1, 0.15) is 6.54 Å². The van der Waals surface area contributed by atoms with Crippen LogP contribution in [0.15, 0.2) is 60.8 Å². The quantitative estimate of drug-likeness (QED) is 0.601. The molecule has 1 heterocycles. The van der Waals surface area contributed by atoms with Crippen molar-refractivity contribution in [3.63, 3.8) is 0 Å². The second kappa shape index (κ2) is 8.51. The molecule has 0 saturated heterocycles. The van der Waals surface area contributed by atoms with Crippen LogP contribution in [-0.2, 0) is 22.6 Å². The fourth-order valence-electron chi connectivity index (χ4n) is 3.15. The Bertz CT molecular complexity index is 934. The van der Waals surface area contributed by atoms with E-state index in [9.17, 15) is 14.7 Å². The molecular formula is C21H23N3O3. The van der Waals surface area contributed by atoms with E-state index in [0.29, 0.717) is 6.42 Å². The number of carbonyl (C=O) groups excluding carboxylic acids is 2. The average Bonchev–Trinajstić information content (AvgIpc) is 3.05. The molecule has 2 amide bonds. The van der Waals surface area contributed by atoms with Crippen molar-refractivity contribution in [1.82, 2.24) is 9.88 Å². The van der Waals surface area contributed by atoms with Crippen molar-refractivity contribution in [2.75, 3.05) is 11.9 Å². The first-order chi connectivity index (χ1) is 13.1. The lowest BCUT2D eigenvalue weighted by molar-refractivity contribution is -0.122. The Hall–Kier alpha value is -3.12. The minimum absolute atomic E-state index is 0.125. The Morgan fingerprint density at radius 1 is 1.07 bits per heavy atom. The first kappa shape index (κ1) is 18.7. The Morgan fingerprint density at radius 2 is 1.85 bits per heavy atom. The lowest BCUT2D eigenvalue weighted by atomic mass is 10.1. The van der Waals surface area contributed by atoms with Crippen LogP contribution in [-0.4, -0.2) is 34.1 Å². The van der Waals surface area contributed by atoms with Crippen molar-refractivity contribution in [3.8, 4) is 0 Å². The fraction of sp³-hybridized carbons (Fsp3) is 0.238. The highest BCUT2D eigenvalue weighted by atomic mass is 16.3. The number of nitrogens with one attached hydrogen (secondary N) is 2. The Morgan fingerprint density at radius 3 is 2.56 bits per heavy atom. The molecule has 2 aromatic carbocycles. The molecule has 0 bridgehead atoms. The molecule has 27 heavy (non-hydrogen) atoms. The second-order valence-corrected chi connectivity index (χ2v) is 6.50. The van der Waals surface area contributed by atoms with Crippen molar-refractivity contribution in [2.24, 2.45) is 0 Å². The lowest BCUT2D eigenvalue weighted by Crippen LogP contribution is -2.40. The third-order valence-corrected chi connectivity index (χ3v) is 4.35. The van der Waals surface area contributed by atoms with Crippen LogP contribution in [0.1, 0.15) is 12.5 Å². The molecule has 0 unspecified atom stereocenters. The van der Waals surface area contributed by atoms with Crippen molar-refractivity contribution in [3.05, 3.63) is 66.4 Å². The number of aliphatic hydroxyl groups is 1. The van der Waals surface area contributed by atoms with Gasteiger partial charge in [-0.25, -0.2) is 0 Å². The van der Waals surface area contributed by atoms with E-state index in [2.05, 4.69) is 10.6 Å². The maximum Gasteiger partial charge on any atom is 0.240 e. The predicted molar refractivity (Wildman–Crippen MR) is 105 cm³/mol. The summed E-state index contributed by atoms with van der Waals surface area (Å²) in [6, 6.07) is 16.9. The molecular weight excluding hydrogens is 342 g/mol. The van der Waals surface area contributed by atoms with Crippen LogP contribution in [0.5, 0.6) is 0 Å². The van der Waals surface area contributed by atoms with E-state index in [1.807, 2.05) is 65.4 Å². The molecule has 6 heteroatoms. The zero-order chi connectivity index (χ0) is 19.2. The number of nitrogens with zero attached hydrogens (tertiary/aromatic N) is 1. The smallest absolute Gasteiger partial charge is 0.240 e. The third-order valence-electron chi connectivity index (χ3n) is 4.35. The van der Waals surface area contributed by atoms with Crippen LogP contribution in [0.25, 0.3) is 10.9 Å². The number of anilines is 1. The molecule has 0 aliphatic carbocycles. The molecule has 0 radical (unpaired) electrons. The van der Waals surface area contributed by atoms with Crippen molar-refractivity contribution in [1.29, 1.82) is 0 Å². The number of carbonyl (C=O) groups is 2. The van der Waals surface area contributed by atoms with Crippen LogP contribution in [0.3, 0.4) is 0 Å². The van der Waals surface area contributed by atoms with Crippen molar-refractivity contribution in [2.45, 2.75) is 25.9 Å². The SMILES string of the molecule is CC(=O)Nc1cccc2c1ccn2CC(=O)N[C@@H](CO)Cc1ccccc1. The lowest BCUT2D eigenvalue weighted by Gasteiger charge is -2.17. The minimum atomic E-state index is -0.336. The molecule has 0 fully saturated rings. The van der Waals surface area contributed by atoms with E-state index in [-0.39, 0.29) is 31.0 Å². The number of aromatic nitrogens is 1. The molecule has 0 aliphatic heterocycles. The van der Waals surface area contributed by atoms with Gasteiger partial charge in [0.05, 0.1) is 23.9 Å². The van der Waals surface area contributed by atoms with E-state index in [1.165, 1.54) is 6.92 Å². The van der Waals surface area contributed by atoms with Gasteiger partial charge in [-0.05, 0) is 30.2 Å². The third kappa shape index (κ3) is 4.74. The summed E-state index contributed by atoms with van der Waals surface area (Å²) < 4.78 is 1.83. The molecule has 1 aromatic heterocycles. The zero-order valence-electron chi connectivity index (χ0n) is 15.2. The van der Waals surface area contributed by atoms with E-state index in [4.69, 9.17) is 0 Å². The number of aliphatic hydroxyl groups excluding tert-OH is 1. The number of fused-ring (bicyclic) bond motifs is 1. The monoisotopic (exact) mass is 365 g/mol. The van der Waals surface area contributed by atoms with E-state index in [1.54, 1.807) is 0 Å². The zero-order valence-corrected chi connectivity index (χ0v) is 15.2. The standard InChI is InChI=1S/C21H23N3O3/c1-15(26)22-19-8-5-9-20-18(19)10-11-24(20)13-21(27)23-17(14-25)12-16-6-3-2-4-7-16/h2-11,17,25H,12-14H2,1H3,(H,22,26)(H,23,27)/t17-/m1/s1. The highest BCUT2D eigenvalue weighted by Gasteiger charge is 2.14. The van der Waals surface area contributed by atoms with Gasteiger partial charge in [0.2, 0.25) is 11.8 Å². The Balaban J connectivity index is 1.69. The van der Waals surface area contributed by atoms with Crippen LogP contribution in [0.4, 0.5) is 5.69 Å². The molecule has 0 saturated carbocycles. The first-order valence-electron chi connectivity index (χ1n) is 8.86. The Labute approximate surface area is 157 Å². The van der Waals surface area contributed by atoms with Gasteiger partial charge in [0.15, 0.2) is 0 Å². The highest BCUT2D eigenvalue weighted by molar-refractivity contribution is 6.01. The highest BCUT2D eigenvalue weighted by Crippen LogP contribution is 2.24. The van der Waals surface area contributed by atoms with Gasteiger partial charge in [-0.15, -0.1) is 0 Å². The van der Waals surface area contributed by atoms with Crippen LogP contribution in [0, 0.1) is 0 Å². The number of amides is 2. The second-order valence-electron chi connectivity index (χ2n) is 6.50. The van der Waals surface area contributed by atoms with Crippen molar-refractivity contribution < 1.29 is 14.7 Å². The summed E-state index contributed by atoms with van der Waals surface area (Å²) in [4.78, 5) is 23.8. The van der Waals surface area contributed by atoms with Crippen molar-refractivity contribution >= 4 is 28.4 Å². The fourth-order valence-corrected chi connectivity index (χ4v) is 3.15. The molecule has 3 rings (SSSR count). The molecule has 140 valence electrons. The molecule has 6 nitrogen and oxygen atoms in total. The maximum absolute atomic E-state index is 12.5. The summed E-state index contributed by atoms with van der Waals surface area (Å²) in [7, 11) is 0. The minimum Gasteiger partial charge on any atom is -0.394 e.